The van der Waals surface area contributed by atoms with Crippen molar-refractivity contribution in [3.8, 4) is 11.5 Å². The molecule has 112 valence electrons. The second kappa shape index (κ2) is 5.56. The van der Waals surface area contributed by atoms with E-state index in [1.807, 2.05) is 44.2 Å². The Bertz CT molecular complexity index is 844. The molecule has 0 saturated heterocycles. The Morgan fingerprint density at radius 3 is 2.55 bits per heavy atom. The lowest BCUT2D eigenvalue weighted by Gasteiger charge is -2.13. The number of aryl methyl sites for hydroxylation is 2. The Morgan fingerprint density at radius 2 is 1.82 bits per heavy atom. The number of rotatable bonds is 3. The van der Waals surface area contributed by atoms with Crippen molar-refractivity contribution >= 4 is 22.3 Å². The molecule has 22 heavy (non-hydrogen) atoms. The average Bonchev–Trinajstić information content (AvgIpc) is 2.49. The maximum atomic E-state index is 9.53. The molecule has 0 spiro atoms. The van der Waals surface area contributed by atoms with E-state index < -0.39 is 0 Å². The molecule has 0 amide bonds. The molecule has 0 saturated carbocycles. The van der Waals surface area contributed by atoms with Crippen LogP contribution in [0.15, 0.2) is 42.5 Å². The molecule has 0 bridgehead atoms. The summed E-state index contributed by atoms with van der Waals surface area (Å²) in [6, 6.07) is 13.1. The fraction of sp³-hybridized carbons (Fsp3) is 0.167. The average molecular weight is 294 g/mol. The largest absolute Gasteiger partial charge is 0.508 e. The highest BCUT2D eigenvalue weighted by molar-refractivity contribution is 5.94. The third-order valence-corrected chi connectivity index (χ3v) is 3.62. The van der Waals surface area contributed by atoms with E-state index in [0.717, 1.165) is 39.3 Å². The molecule has 1 heterocycles. The summed E-state index contributed by atoms with van der Waals surface area (Å²) in [5.41, 5.74) is 4.74. The van der Waals surface area contributed by atoms with E-state index in [1.165, 1.54) is 0 Å². The van der Waals surface area contributed by atoms with Crippen molar-refractivity contribution in [1.29, 1.82) is 0 Å². The highest BCUT2D eigenvalue weighted by Gasteiger charge is 2.07. The topological polar surface area (TPSA) is 54.4 Å². The Kier molecular flexibility index (Phi) is 3.59. The van der Waals surface area contributed by atoms with Crippen molar-refractivity contribution in [2.75, 3.05) is 12.4 Å². The van der Waals surface area contributed by atoms with E-state index in [-0.39, 0.29) is 5.75 Å². The minimum atomic E-state index is 0.267. The number of pyridine rings is 1. The summed E-state index contributed by atoms with van der Waals surface area (Å²) in [4.78, 5) is 4.56. The molecule has 0 aliphatic rings. The molecular weight excluding hydrogens is 276 g/mol. The molecule has 3 rings (SSSR count). The van der Waals surface area contributed by atoms with Crippen molar-refractivity contribution in [2.24, 2.45) is 0 Å². The SMILES string of the molecule is COc1ccc2c(Nc3ccc(O)cc3C)cc(C)nc2c1. The first-order valence-electron chi connectivity index (χ1n) is 7.09. The van der Waals surface area contributed by atoms with Gasteiger partial charge in [-0.1, -0.05) is 0 Å². The van der Waals surface area contributed by atoms with Crippen LogP contribution in [0.25, 0.3) is 10.9 Å². The molecule has 0 fully saturated rings. The van der Waals surface area contributed by atoms with Gasteiger partial charge in [0.2, 0.25) is 0 Å². The first kappa shape index (κ1) is 14.2. The van der Waals surface area contributed by atoms with Crippen LogP contribution in [-0.2, 0) is 0 Å². The number of aromatic hydroxyl groups is 1. The van der Waals surface area contributed by atoms with Crippen molar-refractivity contribution in [3.63, 3.8) is 0 Å². The zero-order valence-electron chi connectivity index (χ0n) is 12.8. The minimum absolute atomic E-state index is 0.267. The Hall–Kier alpha value is -2.75. The quantitative estimate of drug-likeness (QED) is 0.707. The highest BCUT2D eigenvalue weighted by Crippen LogP contribution is 2.30. The first-order chi connectivity index (χ1) is 10.6. The van der Waals surface area contributed by atoms with E-state index in [0.29, 0.717) is 0 Å². The lowest BCUT2D eigenvalue weighted by atomic mass is 10.1. The monoisotopic (exact) mass is 294 g/mol. The maximum Gasteiger partial charge on any atom is 0.121 e. The molecular formula is C18H18N2O2. The van der Waals surface area contributed by atoms with Gasteiger partial charge in [-0.15, -0.1) is 0 Å². The number of phenolic OH excluding ortho intramolecular Hbond substituents is 1. The van der Waals surface area contributed by atoms with Gasteiger partial charge in [0.1, 0.15) is 11.5 Å². The Labute approximate surface area is 129 Å². The highest BCUT2D eigenvalue weighted by atomic mass is 16.5. The zero-order chi connectivity index (χ0) is 15.7. The third-order valence-electron chi connectivity index (χ3n) is 3.62. The number of hydrogen-bond donors (Lipinski definition) is 2. The maximum absolute atomic E-state index is 9.53. The molecule has 2 N–H and O–H groups in total. The molecule has 0 aliphatic heterocycles. The van der Waals surface area contributed by atoms with Gasteiger partial charge in [0.15, 0.2) is 0 Å². The van der Waals surface area contributed by atoms with E-state index in [9.17, 15) is 5.11 Å². The molecule has 2 aromatic carbocycles. The number of anilines is 2. The van der Waals surface area contributed by atoms with Gasteiger partial charge in [0.25, 0.3) is 0 Å². The number of aromatic nitrogens is 1. The number of nitrogens with one attached hydrogen (secondary N) is 1. The fourth-order valence-corrected chi connectivity index (χ4v) is 2.50. The van der Waals surface area contributed by atoms with Crippen molar-refractivity contribution in [1.82, 2.24) is 4.98 Å². The Balaban J connectivity index is 2.09. The van der Waals surface area contributed by atoms with Crippen LogP contribution in [0, 0.1) is 13.8 Å². The predicted octanol–water partition coefficient (Wildman–Crippen LogP) is 4.31. The first-order valence-corrected chi connectivity index (χ1v) is 7.09. The second-order valence-electron chi connectivity index (χ2n) is 5.32. The number of fused-ring (bicyclic) bond motifs is 1. The molecule has 4 heteroatoms. The number of benzene rings is 2. The summed E-state index contributed by atoms with van der Waals surface area (Å²) in [5.74, 6) is 1.06. The number of phenols is 1. The van der Waals surface area contributed by atoms with E-state index in [4.69, 9.17) is 4.74 Å². The van der Waals surface area contributed by atoms with E-state index >= 15 is 0 Å². The Morgan fingerprint density at radius 1 is 1.00 bits per heavy atom. The van der Waals surface area contributed by atoms with Gasteiger partial charge in [0, 0.05) is 28.5 Å². The number of hydrogen-bond acceptors (Lipinski definition) is 4. The number of nitrogens with zero attached hydrogens (tertiary/aromatic N) is 1. The van der Waals surface area contributed by atoms with Crippen molar-refractivity contribution in [2.45, 2.75) is 13.8 Å². The van der Waals surface area contributed by atoms with E-state index in [1.54, 1.807) is 19.2 Å². The van der Waals surface area contributed by atoms with Gasteiger partial charge in [-0.05, 0) is 55.8 Å². The molecule has 1 aromatic heterocycles. The summed E-state index contributed by atoms with van der Waals surface area (Å²) in [6.45, 7) is 3.93. The molecule has 0 aliphatic carbocycles. The van der Waals surface area contributed by atoms with Crippen LogP contribution in [0.4, 0.5) is 11.4 Å². The van der Waals surface area contributed by atoms with Gasteiger partial charge < -0.3 is 15.2 Å². The summed E-state index contributed by atoms with van der Waals surface area (Å²) in [6.07, 6.45) is 0. The van der Waals surface area contributed by atoms with Crippen LogP contribution >= 0.6 is 0 Å². The lowest BCUT2D eigenvalue weighted by Crippen LogP contribution is -1.97. The molecule has 0 radical (unpaired) electrons. The summed E-state index contributed by atoms with van der Waals surface area (Å²) < 4.78 is 5.26. The van der Waals surface area contributed by atoms with Crippen molar-refractivity contribution in [3.05, 3.63) is 53.7 Å². The normalized spacial score (nSPS) is 10.7. The summed E-state index contributed by atoms with van der Waals surface area (Å²) in [7, 11) is 1.65. The van der Waals surface area contributed by atoms with Gasteiger partial charge in [0.05, 0.1) is 12.6 Å². The number of ether oxygens (including phenoxy) is 1. The molecule has 4 nitrogen and oxygen atoms in total. The van der Waals surface area contributed by atoms with Crippen LogP contribution in [0.1, 0.15) is 11.3 Å². The fourth-order valence-electron chi connectivity index (χ4n) is 2.50. The van der Waals surface area contributed by atoms with Gasteiger partial charge >= 0.3 is 0 Å². The molecule has 0 atom stereocenters. The predicted molar refractivity (Wildman–Crippen MR) is 89.2 cm³/mol. The van der Waals surface area contributed by atoms with Gasteiger partial charge in [-0.2, -0.15) is 0 Å². The van der Waals surface area contributed by atoms with Crippen LogP contribution < -0.4 is 10.1 Å². The van der Waals surface area contributed by atoms with Gasteiger partial charge in [-0.25, -0.2) is 0 Å². The van der Waals surface area contributed by atoms with Crippen molar-refractivity contribution < 1.29 is 9.84 Å². The minimum Gasteiger partial charge on any atom is -0.508 e. The lowest BCUT2D eigenvalue weighted by molar-refractivity contribution is 0.415. The van der Waals surface area contributed by atoms with Crippen LogP contribution in [0.3, 0.4) is 0 Å². The smallest absolute Gasteiger partial charge is 0.121 e. The van der Waals surface area contributed by atoms with Crippen LogP contribution in [0.2, 0.25) is 0 Å². The zero-order valence-corrected chi connectivity index (χ0v) is 12.8. The standard InChI is InChI=1S/C18H18N2O2/c1-11-8-13(21)4-7-16(11)20-17-9-12(2)19-18-10-14(22-3)5-6-15(17)18/h4-10,21H,1-3H3,(H,19,20). The summed E-state index contributed by atoms with van der Waals surface area (Å²) in [5, 5.41) is 14.0. The molecule has 0 unspecified atom stereocenters. The van der Waals surface area contributed by atoms with Gasteiger partial charge in [-0.3, -0.25) is 4.98 Å². The molecule has 3 aromatic rings. The van der Waals surface area contributed by atoms with Crippen LogP contribution in [0.5, 0.6) is 11.5 Å². The number of methoxy groups -OCH3 is 1. The second-order valence-corrected chi connectivity index (χ2v) is 5.32. The van der Waals surface area contributed by atoms with Crippen LogP contribution in [-0.4, -0.2) is 17.2 Å². The summed E-state index contributed by atoms with van der Waals surface area (Å²) >= 11 is 0. The van der Waals surface area contributed by atoms with E-state index in [2.05, 4.69) is 10.3 Å². The third kappa shape index (κ3) is 2.68.